The Hall–Kier alpha value is -1.09. The average Bonchev–Trinajstić information content (AvgIpc) is 3.15. The smallest absolute Gasteiger partial charge is 0.255 e. The Bertz CT molecular complexity index is 801. The molecule has 3 aliphatic rings. The van der Waals surface area contributed by atoms with Crippen LogP contribution in [0.1, 0.15) is 32.7 Å². The Balaban J connectivity index is 1.62. The van der Waals surface area contributed by atoms with Crippen LogP contribution in [0.5, 0.6) is 0 Å². The molecule has 1 aromatic heterocycles. The van der Waals surface area contributed by atoms with Gasteiger partial charge < -0.3 is 23.7 Å². The van der Waals surface area contributed by atoms with Crippen LogP contribution in [0.2, 0.25) is 0 Å². The summed E-state index contributed by atoms with van der Waals surface area (Å²) in [6.07, 6.45) is -0.907. The second-order valence-electron chi connectivity index (χ2n) is 7.64. The molecule has 25 heavy (non-hydrogen) atoms. The summed E-state index contributed by atoms with van der Waals surface area (Å²) in [6.45, 7) is 8.03. The van der Waals surface area contributed by atoms with Gasteiger partial charge in [0.25, 0.3) is 5.79 Å². The lowest BCUT2D eigenvalue weighted by molar-refractivity contribution is -0.329. The Morgan fingerprint density at radius 1 is 1.04 bits per heavy atom. The summed E-state index contributed by atoms with van der Waals surface area (Å²) in [7, 11) is 0. The van der Waals surface area contributed by atoms with E-state index < -0.39 is 23.5 Å². The first-order valence-corrected chi connectivity index (χ1v) is 9.33. The van der Waals surface area contributed by atoms with Crippen molar-refractivity contribution in [2.45, 2.75) is 63.4 Å². The van der Waals surface area contributed by atoms with Gasteiger partial charge in [0.1, 0.15) is 12.2 Å². The number of fused-ring (bicyclic) bond motifs is 4. The van der Waals surface area contributed by atoms with Gasteiger partial charge in [-0.15, -0.1) is 11.3 Å². The molecular weight excluding hydrogens is 342 g/mol. The molecule has 0 aliphatic carbocycles. The zero-order valence-corrected chi connectivity index (χ0v) is 15.5. The first-order valence-electron chi connectivity index (χ1n) is 8.52. The summed E-state index contributed by atoms with van der Waals surface area (Å²) in [5.41, 5.74) is 0.930. The molecule has 0 saturated carbocycles. The minimum absolute atomic E-state index is 0.249. The van der Waals surface area contributed by atoms with Crippen molar-refractivity contribution in [3.63, 3.8) is 0 Å². The van der Waals surface area contributed by atoms with E-state index in [2.05, 4.69) is 0 Å². The van der Waals surface area contributed by atoms with Gasteiger partial charge in [0, 0.05) is 0 Å². The molecule has 0 bridgehead atoms. The van der Waals surface area contributed by atoms with Crippen LogP contribution in [0.15, 0.2) is 24.3 Å². The van der Waals surface area contributed by atoms with Crippen LogP contribution in [0.4, 0.5) is 0 Å². The Morgan fingerprint density at radius 2 is 1.84 bits per heavy atom. The van der Waals surface area contributed by atoms with Crippen LogP contribution in [-0.2, 0) is 29.5 Å². The number of hydrogen-bond acceptors (Lipinski definition) is 7. The number of nitrogens with zero attached hydrogens (tertiary/aromatic N) is 1. The van der Waals surface area contributed by atoms with Gasteiger partial charge in [-0.25, -0.2) is 4.98 Å². The molecule has 0 spiro atoms. The second kappa shape index (κ2) is 5.00. The Morgan fingerprint density at radius 3 is 2.64 bits per heavy atom. The summed E-state index contributed by atoms with van der Waals surface area (Å²) in [5.74, 6) is -2.52. The number of rotatable bonds is 1. The summed E-state index contributed by atoms with van der Waals surface area (Å²) < 4.78 is 31.9. The van der Waals surface area contributed by atoms with Gasteiger partial charge in [0.05, 0.1) is 16.8 Å². The number of aromatic nitrogens is 1. The van der Waals surface area contributed by atoms with E-state index in [9.17, 15) is 0 Å². The zero-order valence-electron chi connectivity index (χ0n) is 14.6. The van der Waals surface area contributed by atoms with Crippen molar-refractivity contribution in [3.05, 3.63) is 29.3 Å². The highest BCUT2D eigenvalue weighted by molar-refractivity contribution is 7.18. The minimum Gasteiger partial charge on any atom is -0.348 e. The predicted octanol–water partition coefficient (Wildman–Crippen LogP) is 3.15. The van der Waals surface area contributed by atoms with Crippen LogP contribution in [0.3, 0.4) is 0 Å². The van der Waals surface area contributed by atoms with Gasteiger partial charge in [0.15, 0.2) is 22.7 Å². The van der Waals surface area contributed by atoms with Gasteiger partial charge in [-0.3, -0.25) is 0 Å². The molecule has 1 aromatic carbocycles. The van der Waals surface area contributed by atoms with Gasteiger partial charge in [-0.1, -0.05) is 12.1 Å². The van der Waals surface area contributed by atoms with E-state index in [0.29, 0.717) is 6.61 Å². The molecule has 134 valence electrons. The quantitative estimate of drug-likeness (QED) is 0.776. The van der Waals surface area contributed by atoms with E-state index >= 15 is 0 Å². The predicted molar refractivity (Wildman–Crippen MR) is 91.1 cm³/mol. The average molecular weight is 363 g/mol. The normalized spacial score (nSPS) is 38.6. The number of benzene rings is 1. The maximum Gasteiger partial charge on any atom is 0.255 e. The van der Waals surface area contributed by atoms with Crippen molar-refractivity contribution in [1.29, 1.82) is 0 Å². The van der Waals surface area contributed by atoms with E-state index in [-0.39, 0.29) is 12.2 Å². The van der Waals surface area contributed by atoms with E-state index in [1.54, 1.807) is 11.3 Å². The Labute approximate surface area is 150 Å². The number of ether oxygens (including phenoxy) is 5. The SMILES string of the molecule is CC1(C)OC[C@@H]2O[C@@]3(c4nc5ccccc5s4)OC(C)(C)O[C@H]3[C@@H]2O1. The van der Waals surface area contributed by atoms with Crippen molar-refractivity contribution in [3.8, 4) is 0 Å². The first kappa shape index (κ1) is 16.1. The topological polar surface area (TPSA) is 59.0 Å². The molecule has 0 unspecified atom stereocenters. The number of hydrogen-bond donors (Lipinski definition) is 0. The van der Waals surface area contributed by atoms with E-state index in [0.717, 1.165) is 15.2 Å². The molecule has 4 atom stereocenters. The summed E-state index contributed by atoms with van der Waals surface area (Å²) in [5, 5.41) is 0.764. The van der Waals surface area contributed by atoms with Crippen molar-refractivity contribution in [1.82, 2.24) is 4.98 Å². The lowest BCUT2D eigenvalue weighted by atomic mass is 10.0. The van der Waals surface area contributed by atoms with Crippen molar-refractivity contribution in [2.75, 3.05) is 6.61 Å². The highest BCUT2D eigenvalue weighted by atomic mass is 32.1. The summed E-state index contributed by atoms with van der Waals surface area (Å²) in [4.78, 5) is 4.78. The maximum atomic E-state index is 6.37. The lowest BCUT2D eigenvalue weighted by Crippen LogP contribution is -2.51. The third-order valence-corrected chi connectivity index (χ3v) is 5.92. The summed E-state index contributed by atoms with van der Waals surface area (Å²) >= 11 is 1.57. The van der Waals surface area contributed by atoms with E-state index in [1.807, 2.05) is 52.0 Å². The van der Waals surface area contributed by atoms with E-state index in [1.165, 1.54) is 0 Å². The third kappa shape index (κ3) is 2.38. The molecule has 0 N–H and O–H groups in total. The fourth-order valence-electron chi connectivity index (χ4n) is 3.84. The molecule has 3 aliphatic heterocycles. The van der Waals surface area contributed by atoms with Crippen LogP contribution in [0.25, 0.3) is 10.2 Å². The molecule has 0 amide bonds. The highest BCUT2D eigenvalue weighted by Gasteiger charge is 2.69. The second-order valence-corrected chi connectivity index (χ2v) is 8.67. The van der Waals surface area contributed by atoms with Crippen LogP contribution in [-0.4, -0.2) is 41.5 Å². The monoisotopic (exact) mass is 363 g/mol. The lowest BCUT2D eigenvalue weighted by Gasteiger charge is -2.38. The van der Waals surface area contributed by atoms with Crippen LogP contribution in [0, 0.1) is 0 Å². The number of para-hydroxylation sites is 1. The van der Waals surface area contributed by atoms with Gasteiger partial charge in [-0.05, 0) is 39.8 Å². The molecule has 4 heterocycles. The highest BCUT2D eigenvalue weighted by Crippen LogP contribution is 2.55. The fourth-order valence-corrected chi connectivity index (χ4v) is 4.91. The van der Waals surface area contributed by atoms with Crippen molar-refractivity contribution < 1.29 is 23.7 Å². The molecule has 6 nitrogen and oxygen atoms in total. The molecule has 2 aromatic rings. The maximum absolute atomic E-state index is 6.37. The van der Waals surface area contributed by atoms with Crippen LogP contribution >= 0.6 is 11.3 Å². The Kier molecular flexibility index (Phi) is 3.22. The van der Waals surface area contributed by atoms with Gasteiger partial charge in [0.2, 0.25) is 0 Å². The minimum atomic E-state index is -1.06. The van der Waals surface area contributed by atoms with Gasteiger partial charge in [-0.2, -0.15) is 0 Å². The first-order chi connectivity index (χ1) is 11.8. The van der Waals surface area contributed by atoms with E-state index in [4.69, 9.17) is 28.7 Å². The summed E-state index contributed by atoms with van der Waals surface area (Å²) in [6, 6.07) is 8.02. The zero-order chi connectivity index (χ0) is 17.4. The molecule has 7 heteroatoms. The standard InChI is InChI=1S/C18H21NO5S/c1-16(2)20-9-11-13(22-16)14-18(21-11,24-17(3,4)23-14)15-19-10-7-5-6-8-12(10)25-15/h5-8,11,13-14H,9H2,1-4H3/t11-,13+,14-,18+/m0/s1. The molecule has 0 radical (unpaired) electrons. The van der Waals surface area contributed by atoms with Gasteiger partial charge >= 0.3 is 0 Å². The fraction of sp³-hybridized carbons (Fsp3) is 0.611. The number of thiazole rings is 1. The van der Waals surface area contributed by atoms with Crippen molar-refractivity contribution in [2.24, 2.45) is 0 Å². The molecular formula is C18H21NO5S. The molecule has 5 rings (SSSR count). The molecule has 3 saturated heterocycles. The third-order valence-electron chi connectivity index (χ3n) is 4.78. The van der Waals surface area contributed by atoms with Crippen LogP contribution < -0.4 is 0 Å². The largest absolute Gasteiger partial charge is 0.348 e. The van der Waals surface area contributed by atoms with Crippen molar-refractivity contribution >= 4 is 21.6 Å². The molecule has 3 fully saturated rings.